The average Bonchev–Trinajstić information content (AvgIpc) is 2.97. The van der Waals surface area contributed by atoms with E-state index in [1.165, 1.54) is 0 Å². The topological polar surface area (TPSA) is 47.9 Å². The molecule has 1 heterocycles. The molecule has 0 aliphatic carbocycles. The van der Waals surface area contributed by atoms with Crippen molar-refractivity contribution < 1.29 is 14.3 Å². The van der Waals surface area contributed by atoms with Gasteiger partial charge < -0.3 is 9.47 Å². The van der Waals surface area contributed by atoms with Crippen LogP contribution in [0.5, 0.6) is 5.75 Å². The number of cyclic esters (lactones) is 1. The maximum Gasteiger partial charge on any atom is 0.363 e. The summed E-state index contributed by atoms with van der Waals surface area (Å²) >= 11 is 12.1. The summed E-state index contributed by atoms with van der Waals surface area (Å²) in [7, 11) is 1.61. The van der Waals surface area contributed by atoms with Crippen molar-refractivity contribution in [2.45, 2.75) is 0 Å². The predicted octanol–water partition coefficient (Wildman–Crippen LogP) is 5.01. The van der Waals surface area contributed by atoms with E-state index in [0.29, 0.717) is 15.6 Å². The molecule has 0 aromatic heterocycles. The minimum atomic E-state index is -0.537. The Morgan fingerprint density at radius 3 is 2.56 bits per heavy atom. The summed E-state index contributed by atoms with van der Waals surface area (Å²) in [5, 5.41) is 0.771. The number of methoxy groups -OCH3 is 1. The molecular formula is C19H13Cl2NO3. The number of hydrogen-bond acceptors (Lipinski definition) is 4. The Balaban J connectivity index is 1.81. The highest BCUT2D eigenvalue weighted by Gasteiger charge is 2.21. The van der Waals surface area contributed by atoms with Crippen LogP contribution in [0.3, 0.4) is 0 Å². The fourth-order valence-electron chi connectivity index (χ4n) is 2.16. The first-order valence-corrected chi connectivity index (χ1v) is 8.11. The Hall–Kier alpha value is -2.56. The van der Waals surface area contributed by atoms with Gasteiger partial charge in [0, 0.05) is 6.08 Å². The normalized spacial score (nSPS) is 15.6. The summed E-state index contributed by atoms with van der Waals surface area (Å²) in [6, 6.07) is 12.6. The van der Waals surface area contributed by atoms with Crippen molar-refractivity contribution in [3.05, 3.63) is 75.4 Å². The van der Waals surface area contributed by atoms with Gasteiger partial charge >= 0.3 is 5.97 Å². The van der Waals surface area contributed by atoms with Gasteiger partial charge in [-0.3, -0.25) is 0 Å². The van der Waals surface area contributed by atoms with Gasteiger partial charge in [0.25, 0.3) is 0 Å². The molecule has 0 saturated heterocycles. The number of hydrogen-bond donors (Lipinski definition) is 0. The lowest BCUT2D eigenvalue weighted by Crippen LogP contribution is -2.01. The third-order valence-electron chi connectivity index (χ3n) is 3.44. The van der Waals surface area contributed by atoms with Gasteiger partial charge in [-0.05, 0) is 41.5 Å². The Bertz CT molecular complexity index is 899. The number of halogens is 2. The molecule has 0 unspecified atom stereocenters. The number of benzene rings is 2. The van der Waals surface area contributed by atoms with Crippen LogP contribution in [-0.2, 0) is 9.53 Å². The summed E-state index contributed by atoms with van der Waals surface area (Å²) in [5.74, 6) is 0.445. The van der Waals surface area contributed by atoms with Gasteiger partial charge in [-0.25, -0.2) is 9.79 Å². The smallest absolute Gasteiger partial charge is 0.363 e. The van der Waals surface area contributed by atoms with Crippen molar-refractivity contribution in [1.82, 2.24) is 0 Å². The lowest BCUT2D eigenvalue weighted by molar-refractivity contribution is -0.129. The van der Waals surface area contributed by atoms with Crippen LogP contribution >= 0.6 is 23.2 Å². The van der Waals surface area contributed by atoms with Crippen LogP contribution in [0.2, 0.25) is 10.0 Å². The standard InChI is InChI=1S/C19H13Cl2NO3/c1-24-14-8-5-12(6-9-14)7-10-17-22-16(19(23)25-17)11-13-3-2-4-15(20)18(13)21/h2-11H,1H3/b10-7+,16-11-. The molecule has 0 saturated carbocycles. The van der Waals surface area contributed by atoms with Crippen LogP contribution in [-0.4, -0.2) is 19.0 Å². The molecule has 1 aliphatic rings. The molecule has 3 rings (SSSR count). The number of rotatable bonds is 4. The number of esters is 1. The average molecular weight is 374 g/mol. The fourth-order valence-corrected chi connectivity index (χ4v) is 2.52. The molecule has 0 spiro atoms. The van der Waals surface area contributed by atoms with E-state index in [1.807, 2.05) is 24.3 Å². The highest BCUT2D eigenvalue weighted by atomic mass is 35.5. The predicted molar refractivity (Wildman–Crippen MR) is 100.0 cm³/mol. The number of ether oxygens (including phenoxy) is 2. The molecule has 0 fully saturated rings. The third-order valence-corrected chi connectivity index (χ3v) is 4.28. The van der Waals surface area contributed by atoms with Crippen LogP contribution in [0.1, 0.15) is 11.1 Å². The van der Waals surface area contributed by atoms with Gasteiger partial charge in [0.2, 0.25) is 5.90 Å². The van der Waals surface area contributed by atoms with E-state index in [0.717, 1.165) is 11.3 Å². The zero-order valence-corrected chi connectivity index (χ0v) is 14.7. The number of carbonyl (C=O) groups is 1. The van der Waals surface area contributed by atoms with Crippen LogP contribution in [0.25, 0.3) is 12.2 Å². The summed E-state index contributed by atoms with van der Waals surface area (Å²) < 4.78 is 10.2. The van der Waals surface area contributed by atoms with Crippen molar-refractivity contribution in [2.75, 3.05) is 7.11 Å². The van der Waals surface area contributed by atoms with E-state index in [4.69, 9.17) is 32.7 Å². The summed E-state index contributed by atoms with van der Waals surface area (Å²) in [6.07, 6.45) is 4.96. The summed E-state index contributed by atoms with van der Waals surface area (Å²) in [4.78, 5) is 16.1. The van der Waals surface area contributed by atoms with E-state index >= 15 is 0 Å². The van der Waals surface area contributed by atoms with Crippen molar-refractivity contribution >= 4 is 47.2 Å². The minimum absolute atomic E-state index is 0.165. The lowest BCUT2D eigenvalue weighted by atomic mass is 10.2. The highest BCUT2D eigenvalue weighted by molar-refractivity contribution is 6.43. The van der Waals surface area contributed by atoms with Crippen LogP contribution in [0.4, 0.5) is 0 Å². The Labute approximate surface area is 155 Å². The van der Waals surface area contributed by atoms with Gasteiger partial charge in [0.05, 0.1) is 17.2 Å². The van der Waals surface area contributed by atoms with E-state index in [9.17, 15) is 4.79 Å². The fraction of sp³-hybridized carbons (Fsp3) is 0.0526. The number of nitrogens with zero attached hydrogens (tertiary/aromatic N) is 1. The van der Waals surface area contributed by atoms with Gasteiger partial charge in [0.1, 0.15) is 5.75 Å². The molecule has 2 aromatic carbocycles. The monoisotopic (exact) mass is 373 g/mol. The summed E-state index contributed by atoms with van der Waals surface area (Å²) in [5.41, 5.74) is 1.69. The molecule has 4 nitrogen and oxygen atoms in total. The van der Waals surface area contributed by atoms with E-state index in [-0.39, 0.29) is 11.6 Å². The molecular weight excluding hydrogens is 361 g/mol. The molecule has 25 heavy (non-hydrogen) atoms. The molecule has 0 atom stereocenters. The number of aliphatic imine (C=N–C) groups is 1. The number of carbonyl (C=O) groups excluding carboxylic acids is 1. The molecule has 1 aliphatic heterocycles. The Morgan fingerprint density at radius 2 is 1.84 bits per heavy atom. The van der Waals surface area contributed by atoms with Crippen molar-refractivity contribution in [2.24, 2.45) is 4.99 Å². The minimum Gasteiger partial charge on any atom is -0.497 e. The van der Waals surface area contributed by atoms with Crippen LogP contribution < -0.4 is 4.74 Å². The van der Waals surface area contributed by atoms with Crippen molar-refractivity contribution in [3.63, 3.8) is 0 Å². The first kappa shape index (κ1) is 17.3. The Morgan fingerprint density at radius 1 is 1.08 bits per heavy atom. The van der Waals surface area contributed by atoms with Crippen molar-refractivity contribution in [3.8, 4) is 5.75 Å². The molecule has 6 heteroatoms. The zero-order valence-electron chi connectivity index (χ0n) is 13.2. The third kappa shape index (κ3) is 4.10. The zero-order chi connectivity index (χ0) is 17.8. The Kier molecular flexibility index (Phi) is 5.22. The van der Waals surface area contributed by atoms with Gasteiger partial charge in [-0.1, -0.05) is 47.5 Å². The first-order valence-electron chi connectivity index (χ1n) is 7.35. The van der Waals surface area contributed by atoms with Crippen LogP contribution in [0, 0.1) is 0 Å². The van der Waals surface area contributed by atoms with Crippen molar-refractivity contribution in [1.29, 1.82) is 0 Å². The first-order chi connectivity index (χ1) is 12.1. The van der Waals surface area contributed by atoms with E-state index in [2.05, 4.69) is 4.99 Å². The molecule has 0 N–H and O–H groups in total. The SMILES string of the molecule is COc1ccc(/C=C/C2=NC(=C\c3cccc(Cl)c3Cl)/C(=O)O2)cc1. The molecule has 126 valence electrons. The molecule has 0 bridgehead atoms. The van der Waals surface area contributed by atoms with Gasteiger partial charge in [0.15, 0.2) is 5.70 Å². The molecule has 0 radical (unpaired) electrons. The second kappa shape index (κ2) is 7.55. The van der Waals surface area contributed by atoms with Crippen LogP contribution in [0.15, 0.2) is 59.2 Å². The van der Waals surface area contributed by atoms with E-state index < -0.39 is 5.97 Å². The molecule has 0 amide bonds. The quantitative estimate of drug-likeness (QED) is 0.558. The van der Waals surface area contributed by atoms with Gasteiger partial charge in [-0.15, -0.1) is 0 Å². The maximum absolute atomic E-state index is 11.9. The largest absolute Gasteiger partial charge is 0.497 e. The highest BCUT2D eigenvalue weighted by Crippen LogP contribution is 2.28. The van der Waals surface area contributed by atoms with Gasteiger partial charge in [-0.2, -0.15) is 0 Å². The summed E-state index contributed by atoms with van der Waals surface area (Å²) in [6.45, 7) is 0. The maximum atomic E-state index is 11.9. The van der Waals surface area contributed by atoms with E-state index in [1.54, 1.807) is 43.5 Å². The lowest BCUT2D eigenvalue weighted by Gasteiger charge is -1.99. The molecule has 2 aromatic rings. The second-order valence-corrected chi connectivity index (χ2v) is 5.90. The second-order valence-electron chi connectivity index (χ2n) is 5.12.